The van der Waals surface area contributed by atoms with Crippen LogP contribution in [-0.4, -0.2) is 25.4 Å². The summed E-state index contributed by atoms with van der Waals surface area (Å²) < 4.78 is 22.3. The van der Waals surface area contributed by atoms with Gasteiger partial charge >= 0.3 is 5.97 Å². The summed E-state index contributed by atoms with van der Waals surface area (Å²) in [6.45, 7) is 1.74. The van der Waals surface area contributed by atoms with Crippen LogP contribution in [0, 0.1) is 11.8 Å². The highest BCUT2D eigenvalue weighted by molar-refractivity contribution is 7.89. The van der Waals surface area contributed by atoms with Crippen molar-refractivity contribution in [2.45, 2.75) is 24.3 Å². The van der Waals surface area contributed by atoms with Crippen LogP contribution in [-0.2, 0) is 19.6 Å². The van der Waals surface area contributed by atoms with Gasteiger partial charge in [-0.25, -0.2) is 13.6 Å². The largest absolute Gasteiger partial charge is 0.481 e. The molecule has 0 spiro atoms. The van der Waals surface area contributed by atoms with E-state index in [1.165, 1.54) is 12.1 Å². The molecular formula is C13H16N2O5S. The molecule has 4 N–H and O–H groups in total. The number of benzene rings is 1. The second-order valence-electron chi connectivity index (χ2n) is 5.13. The molecule has 0 bridgehead atoms. The van der Waals surface area contributed by atoms with E-state index in [9.17, 15) is 18.0 Å². The Morgan fingerprint density at radius 2 is 1.86 bits per heavy atom. The van der Waals surface area contributed by atoms with Gasteiger partial charge in [-0.1, -0.05) is 12.1 Å². The zero-order valence-electron chi connectivity index (χ0n) is 11.3. The minimum Gasteiger partial charge on any atom is -0.481 e. The van der Waals surface area contributed by atoms with E-state index in [1.54, 1.807) is 19.1 Å². The Kier molecular flexibility index (Phi) is 4.02. The van der Waals surface area contributed by atoms with Crippen LogP contribution in [0.25, 0.3) is 0 Å². The molecule has 21 heavy (non-hydrogen) atoms. The molecule has 0 heterocycles. The van der Waals surface area contributed by atoms with Gasteiger partial charge in [0.15, 0.2) is 0 Å². The van der Waals surface area contributed by atoms with Crippen LogP contribution in [0.2, 0.25) is 0 Å². The number of carbonyl (C=O) groups excluding carboxylic acids is 1. The Morgan fingerprint density at radius 1 is 1.29 bits per heavy atom. The van der Waals surface area contributed by atoms with Gasteiger partial charge in [0.2, 0.25) is 15.9 Å². The fraction of sp³-hybridized carbons (Fsp3) is 0.385. The van der Waals surface area contributed by atoms with Crippen molar-refractivity contribution in [3.8, 4) is 0 Å². The zero-order chi connectivity index (χ0) is 15.8. The molecule has 1 fully saturated rings. The predicted molar refractivity (Wildman–Crippen MR) is 73.6 cm³/mol. The first-order valence-electron chi connectivity index (χ1n) is 6.36. The summed E-state index contributed by atoms with van der Waals surface area (Å²) in [5.74, 6) is -2.33. The Balaban J connectivity index is 1.99. The fourth-order valence-electron chi connectivity index (χ4n) is 2.11. The van der Waals surface area contributed by atoms with E-state index in [2.05, 4.69) is 5.32 Å². The van der Waals surface area contributed by atoms with Crippen molar-refractivity contribution in [3.05, 3.63) is 29.8 Å². The summed E-state index contributed by atoms with van der Waals surface area (Å²) in [6.07, 6.45) is 0.359. The highest BCUT2D eigenvalue weighted by Gasteiger charge is 2.48. The number of carboxylic acids is 1. The van der Waals surface area contributed by atoms with Gasteiger partial charge in [-0.3, -0.25) is 9.59 Å². The lowest BCUT2D eigenvalue weighted by Crippen LogP contribution is -2.29. The van der Waals surface area contributed by atoms with Crippen LogP contribution in [0.15, 0.2) is 29.2 Å². The van der Waals surface area contributed by atoms with E-state index < -0.39 is 27.8 Å². The minimum atomic E-state index is -3.74. The summed E-state index contributed by atoms with van der Waals surface area (Å²) in [4.78, 5) is 22.6. The number of rotatable bonds is 5. The lowest BCUT2D eigenvalue weighted by atomic mass is 10.1. The topological polar surface area (TPSA) is 127 Å². The number of hydrogen-bond acceptors (Lipinski definition) is 4. The second kappa shape index (κ2) is 5.45. The van der Waals surface area contributed by atoms with E-state index in [0.717, 1.165) is 0 Å². The number of primary sulfonamides is 1. The molecule has 114 valence electrons. The Morgan fingerprint density at radius 3 is 2.29 bits per heavy atom. The third kappa shape index (κ3) is 3.59. The molecule has 2 rings (SSSR count). The van der Waals surface area contributed by atoms with Gasteiger partial charge in [0, 0.05) is 0 Å². The molecule has 1 aromatic carbocycles. The van der Waals surface area contributed by atoms with E-state index in [4.69, 9.17) is 10.2 Å². The van der Waals surface area contributed by atoms with E-state index >= 15 is 0 Å². The quantitative estimate of drug-likeness (QED) is 0.717. The number of hydrogen-bond donors (Lipinski definition) is 3. The molecule has 1 saturated carbocycles. The molecule has 8 heteroatoms. The lowest BCUT2D eigenvalue weighted by Gasteiger charge is -2.14. The first-order valence-corrected chi connectivity index (χ1v) is 7.90. The summed E-state index contributed by atoms with van der Waals surface area (Å²) in [5.41, 5.74) is 0.711. The number of aliphatic carboxylic acids is 1. The maximum Gasteiger partial charge on any atom is 0.307 e. The second-order valence-corrected chi connectivity index (χ2v) is 6.69. The van der Waals surface area contributed by atoms with E-state index in [0.29, 0.717) is 12.0 Å². The predicted octanol–water partition coefficient (Wildman–Crippen LogP) is 0.232. The highest BCUT2D eigenvalue weighted by atomic mass is 32.2. The van der Waals surface area contributed by atoms with Gasteiger partial charge in [0.05, 0.1) is 22.8 Å². The summed E-state index contributed by atoms with van der Waals surface area (Å²) in [5, 5.41) is 16.5. The molecule has 1 aliphatic rings. The van der Waals surface area contributed by atoms with E-state index in [1.807, 2.05) is 0 Å². The van der Waals surface area contributed by atoms with Gasteiger partial charge in [-0.15, -0.1) is 0 Å². The molecular weight excluding hydrogens is 296 g/mol. The van der Waals surface area contributed by atoms with Crippen molar-refractivity contribution in [2.24, 2.45) is 17.0 Å². The number of amides is 1. The number of carbonyl (C=O) groups is 2. The van der Waals surface area contributed by atoms with Crippen molar-refractivity contribution < 1.29 is 23.1 Å². The molecule has 1 unspecified atom stereocenters. The van der Waals surface area contributed by atoms with Crippen LogP contribution < -0.4 is 10.5 Å². The third-order valence-electron chi connectivity index (χ3n) is 3.51. The summed E-state index contributed by atoms with van der Waals surface area (Å²) >= 11 is 0. The molecule has 0 radical (unpaired) electrons. The summed E-state index contributed by atoms with van der Waals surface area (Å²) in [6, 6.07) is 5.51. The zero-order valence-corrected chi connectivity index (χ0v) is 12.1. The number of nitrogens with one attached hydrogen (secondary N) is 1. The van der Waals surface area contributed by atoms with Gasteiger partial charge < -0.3 is 10.4 Å². The monoisotopic (exact) mass is 312 g/mol. The number of carboxylic acid groups (broad SMARTS) is 1. The standard InChI is InChI=1S/C13H16N2O5S/c1-7(15-12(16)10-6-11(10)13(17)18)8-2-4-9(5-3-8)21(14,19)20/h2-5,7,10-11H,6H2,1H3,(H,15,16)(H,17,18)(H2,14,19,20)/t7?,10-,11+/m1/s1. The van der Waals surface area contributed by atoms with Crippen molar-refractivity contribution in [1.82, 2.24) is 5.32 Å². The van der Waals surface area contributed by atoms with Crippen molar-refractivity contribution in [3.63, 3.8) is 0 Å². The van der Waals surface area contributed by atoms with Gasteiger partial charge in [0.25, 0.3) is 0 Å². The first-order chi connectivity index (χ1) is 9.70. The van der Waals surface area contributed by atoms with Crippen molar-refractivity contribution in [2.75, 3.05) is 0 Å². The smallest absolute Gasteiger partial charge is 0.307 e. The molecule has 1 aliphatic carbocycles. The van der Waals surface area contributed by atoms with Gasteiger partial charge in [0.1, 0.15) is 0 Å². The summed E-state index contributed by atoms with van der Waals surface area (Å²) in [7, 11) is -3.74. The Bertz CT molecular complexity index is 668. The maximum atomic E-state index is 11.8. The van der Waals surface area contributed by atoms with Gasteiger partial charge in [-0.2, -0.15) is 0 Å². The lowest BCUT2D eigenvalue weighted by molar-refractivity contribution is -0.140. The molecule has 0 aromatic heterocycles. The maximum absolute atomic E-state index is 11.8. The van der Waals surface area contributed by atoms with Crippen LogP contribution in [0.1, 0.15) is 24.9 Å². The average Bonchev–Trinajstić information content (AvgIpc) is 3.18. The molecule has 1 amide bonds. The Hall–Kier alpha value is -1.93. The normalized spacial score (nSPS) is 22.4. The third-order valence-corrected chi connectivity index (χ3v) is 4.44. The number of sulfonamides is 1. The Labute approximate surface area is 122 Å². The SMILES string of the molecule is CC(NC(=O)[C@@H]1C[C@@H]1C(=O)O)c1ccc(S(N)(=O)=O)cc1. The first kappa shape index (κ1) is 15.5. The van der Waals surface area contributed by atoms with Crippen LogP contribution in [0.3, 0.4) is 0 Å². The van der Waals surface area contributed by atoms with Crippen molar-refractivity contribution in [1.29, 1.82) is 0 Å². The molecule has 1 aromatic rings. The minimum absolute atomic E-state index is 0.00193. The van der Waals surface area contributed by atoms with Crippen LogP contribution in [0.4, 0.5) is 0 Å². The van der Waals surface area contributed by atoms with E-state index in [-0.39, 0.29) is 16.8 Å². The molecule has 3 atom stereocenters. The van der Waals surface area contributed by atoms with Crippen molar-refractivity contribution >= 4 is 21.9 Å². The number of nitrogens with two attached hydrogens (primary N) is 1. The average molecular weight is 312 g/mol. The fourth-order valence-corrected chi connectivity index (χ4v) is 2.62. The van der Waals surface area contributed by atoms with Crippen LogP contribution in [0.5, 0.6) is 0 Å². The molecule has 0 aliphatic heterocycles. The van der Waals surface area contributed by atoms with Crippen LogP contribution >= 0.6 is 0 Å². The van der Waals surface area contributed by atoms with Gasteiger partial charge in [-0.05, 0) is 31.0 Å². The highest BCUT2D eigenvalue weighted by Crippen LogP contribution is 2.39. The molecule has 7 nitrogen and oxygen atoms in total. The molecule has 0 saturated heterocycles.